The number of para-hydroxylation sites is 1. The highest BCUT2D eigenvalue weighted by Gasteiger charge is 2.51. The molecule has 324 valence electrons. The van der Waals surface area contributed by atoms with Crippen molar-refractivity contribution in [2.24, 2.45) is 0 Å². The van der Waals surface area contributed by atoms with E-state index < -0.39 is 16.1 Å². The molecule has 0 fully saturated rings. The topological polar surface area (TPSA) is 33.4 Å². The Morgan fingerprint density at radius 2 is 1.00 bits per heavy atom. The summed E-state index contributed by atoms with van der Waals surface area (Å²) in [5.74, 6) is 0.896. The lowest BCUT2D eigenvalue weighted by Gasteiger charge is -2.45. The van der Waals surface area contributed by atoms with Gasteiger partial charge in [0.15, 0.2) is 16.1 Å². The average molecular weight is 931 g/mol. The third-order valence-corrected chi connectivity index (χ3v) is 25.4. The lowest BCUT2D eigenvalue weighted by Crippen LogP contribution is -2.78. The summed E-state index contributed by atoms with van der Waals surface area (Å²) in [6, 6.07) is 89.2. The predicted octanol–water partition coefficient (Wildman–Crippen LogP) is 9.94. The van der Waals surface area contributed by atoms with Gasteiger partial charge in [-0.15, -0.1) is 11.3 Å². The van der Waals surface area contributed by atoms with E-state index in [0.717, 1.165) is 22.4 Å². The van der Waals surface area contributed by atoms with Gasteiger partial charge in [0.1, 0.15) is 11.5 Å². The Bertz CT molecular complexity index is 4010. The first-order valence-corrected chi connectivity index (χ1v) is 28.4. The number of rotatable bonds is 7. The second-order valence-electron chi connectivity index (χ2n) is 18.1. The van der Waals surface area contributed by atoms with Gasteiger partial charge in [-0.1, -0.05) is 200 Å². The van der Waals surface area contributed by atoms with Crippen molar-refractivity contribution in [1.29, 1.82) is 0 Å². The second-order valence-corrected chi connectivity index (χ2v) is 26.7. The summed E-state index contributed by atoms with van der Waals surface area (Å²) in [5, 5.41) is 16.8. The highest BCUT2D eigenvalue weighted by atomic mass is 32.1. The first-order valence-electron chi connectivity index (χ1n) is 23.5. The molecule has 14 rings (SSSR count). The number of thiophene rings is 1. The molecule has 4 aromatic heterocycles. The van der Waals surface area contributed by atoms with Gasteiger partial charge in [0.25, 0.3) is 0 Å². The molecule has 0 radical (unpaired) electrons. The molecular weight excluding hydrogens is 889 g/mol. The minimum atomic E-state index is -3.17. The van der Waals surface area contributed by atoms with Gasteiger partial charge in [-0.25, -0.2) is 9.97 Å². The molecule has 0 aliphatic carbocycles. The normalized spacial score (nSPS) is 13.3. The van der Waals surface area contributed by atoms with E-state index in [4.69, 9.17) is 9.97 Å². The van der Waals surface area contributed by atoms with Crippen LogP contribution in [-0.2, 0) is 0 Å². The number of fused-ring (bicyclic) bond motifs is 11. The smallest absolute Gasteiger partial charge is 0.184 e. The molecule has 1 aliphatic rings. The van der Waals surface area contributed by atoms with E-state index in [-0.39, 0.29) is 0 Å². The Labute approximate surface area is 405 Å². The quantitative estimate of drug-likeness (QED) is 0.0908. The van der Waals surface area contributed by atoms with Crippen LogP contribution in [0.4, 0.5) is 17.2 Å². The largest absolute Gasteiger partial charge is 0.299 e. The van der Waals surface area contributed by atoms with Crippen LogP contribution in [0.3, 0.4) is 0 Å². The van der Waals surface area contributed by atoms with Gasteiger partial charge in [-0.3, -0.25) is 9.30 Å². The molecule has 7 heteroatoms. The van der Waals surface area contributed by atoms with Gasteiger partial charge < -0.3 is 0 Å². The molecule has 13 aromatic rings. The van der Waals surface area contributed by atoms with E-state index in [0.29, 0.717) is 0 Å². The summed E-state index contributed by atoms with van der Waals surface area (Å²) in [6.45, 7) is 0. The van der Waals surface area contributed by atoms with E-state index in [1.54, 1.807) is 0 Å². The van der Waals surface area contributed by atoms with Crippen LogP contribution in [0, 0.1) is 0 Å². The lowest BCUT2D eigenvalue weighted by atomic mass is 10.1. The minimum absolute atomic E-state index is 0.896. The Hall–Kier alpha value is -8.21. The van der Waals surface area contributed by atoms with Crippen molar-refractivity contribution >= 4 is 134 Å². The van der Waals surface area contributed by atoms with Crippen molar-refractivity contribution in [3.63, 3.8) is 0 Å². The maximum Gasteiger partial charge on any atom is 0.184 e. The molecule has 0 saturated carbocycles. The summed E-state index contributed by atoms with van der Waals surface area (Å²) >= 11 is 1.88. The molecule has 0 N–H and O–H groups in total. The van der Waals surface area contributed by atoms with Crippen LogP contribution in [0.15, 0.2) is 255 Å². The number of nitrogens with zero attached hydrogens (tertiary/aromatic N) is 4. The standard InChI is InChI=1S/C62H42N4SSi2/c1-5-19-43(20-6-1)68(44-21-7-2-8-22-44,47-32-34-49-50-27-13-15-29-54(50)65-38-37-64-62(65)53(49)39-47)48-33-35-59-55(40-48)66(61-31-17-18-36-63-61)56-42-58-52(51-28-14-16-30-57(51)67-58)41-60(56)69(59,45-23-9-3-10-24-45)46-25-11-4-12-26-46/h1-42H. The Kier molecular flexibility index (Phi) is 9.07. The minimum Gasteiger partial charge on any atom is -0.299 e. The van der Waals surface area contributed by atoms with Crippen molar-refractivity contribution in [3.05, 3.63) is 255 Å². The van der Waals surface area contributed by atoms with Crippen LogP contribution < -0.4 is 46.4 Å². The SMILES string of the molecule is c1ccc([Si](c2ccccc2)(c2ccc3c(c2)N(c2ccccn2)c2cc4sc5ccccc5c4cc2[Si]3(c2ccccc2)c2ccccc2)c2ccc3c4ccccc4n4ccnc4c3c2)cc1. The third kappa shape index (κ3) is 5.79. The second kappa shape index (κ2) is 15.7. The highest BCUT2D eigenvalue weighted by Crippen LogP contribution is 2.42. The van der Waals surface area contributed by atoms with E-state index in [1.165, 1.54) is 83.8 Å². The molecule has 4 nitrogen and oxygen atoms in total. The van der Waals surface area contributed by atoms with Crippen molar-refractivity contribution in [2.45, 2.75) is 0 Å². The number of hydrogen-bond donors (Lipinski definition) is 0. The molecule has 5 heterocycles. The van der Waals surface area contributed by atoms with Crippen LogP contribution >= 0.6 is 11.3 Å². The monoisotopic (exact) mass is 930 g/mol. The fourth-order valence-electron chi connectivity index (χ4n) is 11.9. The van der Waals surface area contributed by atoms with Crippen molar-refractivity contribution in [2.75, 3.05) is 4.90 Å². The van der Waals surface area contributed by atoms with Gasteiger partial charge in [0.05, 0.1) is 5.52 Å². The summed E-state index contributed by atoms with van der Waals surface area (Å²) in [4.78, 5) is 12.7. The average Bonchev–Trinajstić information content (AvgIpc) is 4.07. The number of aromatic nitrogens is 3. The van der Waals surface area contributed by atoms with Gasteiger partial charge in [-0.05, 0) is 83.3 Å². The fourth-order valence-corrected chi connectivity index (χ4v) is 22.8. The number of pyridine rings is 2. The molecule has 0 amide bonds. The van der Waals surface area contributed by atoms with Crippen LogP contribution in [0.2, 0.25) is 0 Å². The van der Waals surface area contributed by atoms with Gasteiger partial charge >= 0.3 is 0 Å². The highest BCUT2D eigenvalue weighted by molar-refractivity contribution is 7.26. The van der Waals surface area contributed by atoms with E-state index in [2.05, 4.69) is 246 Å². The van der Waals surface area contributed by atoms with Crippen LogP contribution in [0.5, 0.6) is 0 Å². The summed E-state index contributed by atoms with van der Waals surface area (Å²) in [5.41, 5.74) is 4.47. The van der Waals surface area contributed by atoms with Gasteiger partial charge in [-0.2, -0.15) is 0 Å². The van der Waals surface area contributed by atoms with Gasteiger partial charge in [0, 0.05) is 60.9 Å². The summed E-state index contributed by atoms with van der Waals surface area (Å²) in [7, 11) is -6.26. The summed E-state index contributed by atoms with van der Waals surface area (Å²) in [6.07, 6.45) is 5.97. The molecule has 0 atom stereocenters. The van der Waals surface area contributed by atoms with E-state index >= 15 is 0 Å². The number of anilines is 3. The molecule has 0 spiro atoms. The van der Waals surface area contributed by atoms with Crippen LogP contribution in [0.25, 0.3) is 47.5 Å². The first-order chi connectivity index (χ1) is 34.2. The Balaban J connectivity index is 1.15. The Morgan fingerprint density at radius 1 is 0.391 bits per heavy atom. The van der Waals surface area contributed by atoms with Crippen molar-refractivity contribution in [3.8, 4) is 0 Å². The number of benzene rings is 9. The maximum atomic E-state index is 5.21. The molecule has 1 aliphatic heterocycles. The zero-order valence-electron chi connectivity index (χ0n) is 37.4. The fraction of sp³-hybridized carbons (Fsp3) is 0. The lowest BCUT2D eigenvalue weighted by molar-refractivity contribution is 1.19. The molecule has 0 unspecified atom stereocenters. The zero-order valence-corrected chi connectivity index (χ0v) is 40.3. The first kappa shape index (κ1) is 39.9. The molecule has 0 saturated heterocycles. The number of hydrogen-bond acceptors (Lipinski definition) is 4. The molecule has 9 aromatic carbocycles. The van der Waals surface area contributed by atoms with Crippen LogP contribution in [-0.4, -0.2) is 30.5 Å². The summed E-state index contributed by atoms with van der Waals surface area (Å²) < 4.78 is 4.82. The number of imidazole rings is 1. The van der Waals surface area contributed by atoms with Crippen LogP contribution in [0.1, 0.15) is 0 Å². The van der Waals surface area contributed by atoms with Crippen molar-refractivity contribution in [1.82, 2.24) is 14.4 Å². The molecule has 0 bridgehead atoms. The third-order valence-electron chi connectivity index (χ3n) is 14.7. The predicted molar refractivity (Wildman–Crippen MR) is 296 cm³/mol. The zero-order chi connectivity index (χ0) is 45.5. The van der Waals surface area contributed by atoms with E-state index in [9.17, 15) is 0 Å². The maximum absolute atomic E-state index is 5.21. The van der Waals surface area contributed by atoms with Gasteiger partial charge in [0.2, 0.25) is 0 Å². The molecule has 69 heavy (non-hydrogen) atoms. The molecular formula is C62H42N4SSi2. The van der Waals surface area contributed by atoms with E-state index in [1.807, 2.05) is 29.8 Å². The Morgan fingerprint density at radius 3 is 1.71 bits per heavy atom. The van der Waals surface area contributed by atoms with Crippen molar-refractivity contribution < 1.29 is 0 Å².